The van der Waals surface area contributed by atoms with Gasteiger partial charge in [0.1, 0.15) is 5.82 Å². The molecule has 1 aromatic carbocycles. The van der Waals surface area contributed by atoms with Gasteiger partial charge in [-0.15, -0.1) is 0 Å². The SMILES string of the molecule is CN(C)C(=O)N(C(=O)N(C)C=O)c1cc(C=O)c(Cl)cc1F. The summed E-state index contributed by atoms with van der Waals surface area (Å²) in [4.78, 5) is 47.9. The largest absolute Gasteiger partial charge is 0.339 e. The van der Waals surface area contributed by atoms with Crippen molar-refractivity contribution in [2.45, 2.75) is 0 Å². The highest BCUT2D eigenvalue weighted by molar-refractivity contribution is 6.33. The Balaban J connectivity index is 3.51. The molecule has 0 N–H and O–H groups in total. The fourth-order valence-electron chi connectivity index (χ4n) is 1.51. The van der Waals surface area contributed by atoms with Crippen LogP contribution in [0.3, 0.4) is 0 Å². The van der Waals surface area contributed by atoms with Crippen LogP contribution in [-0.4, -0.2) is 55.7 Å². The van der Waals surface area contributed by atoms with Gasteiger partial charge in [-0.1, -0.05) is 11.6 Å². The van der Waals surface area contributed by atoms with Crippen LogP contribution in [0.5, 0.6) is 0 Å². The van der Waals surface area contributed by atoms with Crippen molar-refractivity contribution in [3.8, 4) is 0 Å². The van der Waals surface area contributed by atoms with E-state index in [1.54, 1.807) is 0 Å². The van der Waals surface area contributed by atoms with E-state index in [-0.39, 0.29) is 17.0 Å². The van der Waals surface area contributed by atoms with E-state index in [1.165, 1.54) is 14.1 Å². The van der Waals surface area contributed by atoms with Crippen molar-refractivity contribution < 1.29 is 23.6 Å². The number of anilines is 1. The minimum atomic E-state index is -1.08. The Labute approximate surface area is 130 Å². The second-order valence-electron chi connectivity index (χ2n) is 4.45. The van der Waals surface area contributed by atoms with Crippen molar-refractivity contribution in [1.29, 1.82) is 0 Å². The molecule has 1 aromatic rings. The van der Waals surface area contributed by atoms with E-state index in [2.05, 4.69) is 0 Å². The molecule has 0 aliphatic rings. The summed E-state index contributed by atoms with van der Waals surface area (Å²) in [7, 11) is 3.80. The van der Waals surface area contributed by atoms with E-state index in [9.17, 15) is 23.6 Å². The van der Waals surface area contributed by atoms with Gasteiger partial charge in [-0.25, -0.2) is 18.9 Å². The normalized spacial score (nSPS) is 9.86. The number of carbonyl (C=O) groups is 4. The molecular weight excluding hydrogens is 317 g/mol. The molecule has 0 aliphatic carbocycles. The first kappa shape index (κ1) is 17.6. The molecule has 9 heteroatoms. The van der Waals surface area contributed by atoms with Crippen LogP contribution < -0.4 is 4.90 Å². The molecule has 7 nitrogen and oxygen atoms in total. The average Bonchev–Trinajstić information content (AvgIpc) is 2.48. The van der Waals surface area contributed by atoms with E-state index in [1.807, 2.05) is 0 Å². The number of hydrogen-bond donors (Lipinski definition) is 0. The molecule has 0 bridgehead atoms. The van der Waals surface area contributed by atoms with Gasteiger partial charge in [-0.3, -0.25) is 14.5 Å². The van der Waals surface area contributed by atoms with Crippen LogP contribution in [0.15, 0.2) is 12.1 Å². The summed E-state index contributed by atoms with van der Waals surface area (Å²) in [5.41, 5.74) is -0.583. The predicted octanol–water partition coefficient (Wildman–Crippen LogP) is 1.99. The van der Waals surface area contributed by atoms with Crippen LogP contribution in [0.25, 0.3) is 0 Å². The summed E-state index contributed by atoms with van der Waals surface area (Å²) >= 11 is 5.68. The minimum Gasteiger partial charge on any atom is -0.330 e. The van der Waals surface area contributed by atoms with Crippen LogP contribution in [-0.2, 0) is 4.79 Å². The van der Waals surface area contributed by atoms with Crippen molar-refractivity contribution in [1.82, 2.24) is 9.80 Å². The second kappa shape index (κ2) is 6.99. The Hall–Kier alpha value is -2.48. The number of rotatable bonds is 3. The van der Waals surface area contributed by atoms with Gasteiger partial charge in [0.05, 0.1) is 10.7 Å². The summed E-state index contributed by atoms with van der Waals surface area (Å²) in [5.74, 6) is -0.988. The van der Waals surface area contributed by atoms with Crippen LogP contribution >= 0.6 is 11.6 Å². The molecule has 0 saturated heterocycles. The van der Waals surface area contributed by atoms with E-state index >= 15 is 0 Å². The highest BCUT2D eigenvalue weighted by atomic mass is 35.5. The Morgan fingerprint density at radius 2 is 1.73 bits per heavy atom. The Bertz CT molecular complexity index is 636. The van der Waals surface area contributed by atoms with Gasteiger partial charge in [0.15, 0.2) is 6.29 Å². The van der Waals surface area contributed by atoms with Gasteiger partial charge >= 0.3 is 12.1 Å². The Morgan fingerprint density at radius 1 is 1.14 bits per heavy atom. The molecule has 22 heavy (non-hydrogen) atoms. The molecule has 0 radical (unpaired) electrons. The number of amides is 5. The molecule has 0 aliphatic heterocycles. The first-order chi connectivity index (χ1) is 10.2. The maximum absolute atomic E-state index is 14.1. The zero-order valence-electron chi connectivity index (χ0n) is 12.0. The number of carbonyl (C=O) groups excluding carboxylic acids is 4. The molecule has 0 aromatic heterocycles. The van der Waals surface area contributed by atoms with Crippen LogP contribution in [0.2, 0.25) is 5.02 Å². The van der Waals surface area contributed by atoms with Crippen LogP contribution in [0, 0.1) is 5.82 Å². The van der Waals surface area contributed by atoms with Crippen molar-refractivity contribution in [2.24, 2.45) is 0 Å². The first-order valence-corrected chi connectivity index (χ1v) is 6.30. The predicted molar refractivity (Wildman–Crippen MR) is 77.6 cm³/mol. The quantitative estimate of drug-likeness (QED) is 0.794. The summed E-state index contributed by atoms with van der Waals surface area (Å²) < 4.78 is 14.1. The molecule has 0 unspecified atom stereocenters. The zero-order chi connectivity index (χ0) is 17.0. The maximum atomic E-state index is 14.1. The van der Waals surface area contributed by atoms with Gasteiger partial charge in [0.2, 0.25) is 6.41 Å². The minimum absolute atomic E-state index is 0.101. The molecule has 1 rings (SSSR count). The van der Waals surface area contributed by atoms with Crippen LogP contribution in [0.4, 0.5) is 19.7 Å². The Kier molecular flexibility index (Phi) is 5.58. The average molecular weight is 330 g/mol. The third kappa shape index (κ3) is 3.40. The number of nitrogens with zero attached hydrogens (tertiary/aromatic N) is 3. The van der Waals surface area contributed by atoms with Gasteiger partial charge in [0, 0.05) is 26.7 Å². The number of halogens is 2. The molecule has 0 heterocycles. The number of aldehydes is 1. The third-order valence-corrected chi connectivity index (χ3v) is 2.99. The lowest BCUT2D eigenvalue weighted by atomic mass is 10.2. The first-order valence-electron chi connectivity index (χ1n) is 5.92. The maximum Gasteiger partial charge on any atom is 0.339 e. The van der Waals surface area contributed by atoms with Gasteiger partial charge < -0.3 is 4.90 Å². The van der Waals surface area contributed by atoms with E-state index in [0.29, 0.717) is 16.1 Å². The summed E-state index contributed by atoms with van der Waals surface area (Å²) in [5, 5.41) is -0.162. The second-order valence-corrected chi connectivity index (χ2v) is 4.86. The molecular formula is C13H13ClFN3O4. The molecule has 0 saturated carbocycles. The number of urea groups is 2. The monoisotopic (exact) mass is 329 g/mol. The van der Waals surface area contributed by atoms with Gasteiger partial charge in [-0.05, 0) is 12.1 Å². The number of imide groups is 2. The molecule has 0 atom stereocenters. The smallest absolute Gasteiger partial charge is 0.330 e. The molecule has 0 fully saturated rings. The molecule has 5 amide bonds. The number of benzene rings is 1. The van der Waals surface area contributed by atoms with Crippen LogP contribution in [0.1, 0.15) is 10.4 Å². The molecule has 0 spiro atoms. The van der Waals surface area contributed by atoms with Crippen molar-refractivity contribution in [3.63, 3.8) is 0 Å². The highest BCUT2D eigenvalue weighted by Gasteiger charge is 2.30. The summed E-state index contributed by atoms with van der Waals surface area (Å²) in [6, 6.07) is -0.198. The Morgan fingerprint density at radius 3 is 2.18 bits per heavy atom. The molecule has 118 valence electrons. The topological polar surface area (TPSA) is 78.0 Å². The highest BCUT2D eigenvalue weighted by Crippen LogP contribution is 2.27. The summed E-state index contributed by atoms with van der Waals surface area (Å²) in [6.45, 7) is 0. The lowest BCUT2D eigenvalue weighted by molar-refractivity contribution is -0.114. The van der Waals surface area contributed by atoms with Crippen molar-refractivity contribution in [3.05, 3.63) is 28.5 Å². The standard InChI is InChI=1S/C13H13ClFN3O4/c1-16(2)12(21)18(13(22)17(3)7-20)11-4-8(6-19)9(14)5-10(11)15/h4-7H,1-3H3. The number of hydrogen-bond acceptors (Lipinski definition) is 4. The zero-order valence-corrected chi connectivity index (χ0v) is 12.8. The fraction of sp³-hybridized carbons (Fsp3) is 0.231. The van der Waals surface area contributed by atoms with Gasteiger partial charge in [-0.2, -0.15) is 0 Å². The third-order valence-electron chi connectivity index (χ3n) is 2.66. The van der Waals surface area contributed by atoms with E-state index in [0.717, 1.165) is 24.1 Å². The van der Waals surface area contributed by atoms with Crippen molar-refractivity contribution in [2.75, 3.05) is 26.0 Å². The van der Waals surface area contributed by atoms with Crippen molar-refractivity contribution >= 4 is 42.0 Å². The van der Waals surface area contributed by atoms with E-state index < -0.39 is 23.6 Å². The lowest BCUT2D eigenvalue weighted by Crippen LogP contribution is -2.49. The summed E-state index contributed by atoms with van der Waals surface area (Å²) in [6.07, 6.45) is 0.532. The fourth-order valence-corrected chi connectivity index (χ4v) is 1.70. The lowest BCUT2D eigenvalue weighted by Gasteiger charge is -2.27. The van der Waals surface area contributed by atoms with Gasteiger partial charge in [0.25, 0.3) is 0 Å². The van der Waals surface area contributed by atoms with E-state index in [4.69, 9.17) is 11.6 Å².